The molecule has 2 heterocycles. The molecular formula is C17H21N5O2S. The van der Waals surface area contributed by atoms with E-state index in [1.807, 2.05) is 24.3 Å². The minimum absolute atomic E-state index is 0.668. The summed E-state index contributed by atoms with van der Waals surface area (Å²) in [4.78, 5) is 12.9. The standard InChI is InChI=1S/C17H21N5O2S/c1-23-14-5-4-13(12-15(14)24-2)20-17(25)22-10-8-21(9-11-22)16-18-6-3-7-19-16/h3-7,12H,8-11H2,1-2H3,(H,20,25). The summed E-state index contributed by atoms with van der Waals surface area (Å²) in [5, 5.41) is 3.96. The predicted octanol–water partition coefficient (Wildman–Crippen LogP) is 2.01. The molecule has 0 amide bonds. The van der Waals surface area contributed by atoms with Crippen LogP contribution in [0.2, 0.25) is 0 Å². The summed E-state index contributed by atoms with van der Waals surface area (Å²) in [6.07, 6.45) is 3.52. The highest BCUT2D eigenvalue weighted by Crippen LogP contribution is 2.29. The highest BCUT2D eigenvalue weighted by molar-refractivity contribution is 7.80. The average Bonchev–Trinajstić information content (AvgIpc) is 2.68. The zero-order chi connectivity index (χ0) is 17.6. The predicted molar refractivity (Wildman–Crippen MR) is 102 cm³/mol. The van der Waals surface area contributed by atoms with Gasteiger partial charge in [-0.15, -0.1) is 0 Å². The second kappa shape index (κ2) is 7.98. The van der Waals surface area contributed by atoms with Gasteiger partial charge in [0.25, 0.3) is 0 Å². The van der Waals surface area contributed by atoms with Crippen molar-refractivity contribution >= 4 is 29.0 Å². The third kappa shape index (κ3) is 4.08. The first kappa shape index (κ1) is 17.2. The molecule has 3 rings (SSSR count). The zero-order valence-electron chi connectivity index (χ0n) is 14.3. The third-order valence-corrected chi connectivity index (χ3v) is 4.40. The molecule has 0 atom stereocenters. The van der Waals surface area contributed by atoms with Crippen LogP contribution in [0.5, 0.6) is 11.5 Å². The van der Waals surface area contributed by atoms with Crippen LogP contribution in [0, 0.1) is 0 Å². The highest BCUT2D eigenvalue weighted by Gasteiger charge is 2.20. The van der Waals surface area contributed by atoms with Gasteiger partial charge in [-0.1, -0.05) is 0 Å². The monoisotopic (exact) mass is 359 g/mol. The summed E-state index contributed by atoms with van der Waals surface area (Å²) in [5.74, 6) is 2.12. The van der Waals surface area contributed by atoms with Gasteiger partial charge in [0.1, 0.15) is 0 Å². The second-order valence-electron chi connectivity index (χ2n) is 5.52. The molecule has 0 saturated carbocycles. The third-order valence-electron chi connectivity index (χ3n) is 4.04. The number of anilines is 2. The lowest BCUT2D eigenvalue weighted by Crippen LogP contribution is -2.50. The van der Waals surface area contributed by atoms with Crippen molar-refractivity contribution in [2.24, 2.45) is 0 Å². The fourth-order valence-corrected chi connectivity index (χ4v) is 2.98. The van der Waals surface area contributed by atoms with E-state index in [9.17, 15) is 0 Å². The van der Waals surface area contributed by atoms with Gasteiger partial charge < -0.3 is 24.6 Å². The molecule has 2 aromatic rings. The van der Waals surface area contributed by atoms with Gasteiger partial charge in [0.15, 0.2) is 16.6 Å². The van der Waals surface area contributed by atoms with E-state index in [4.69, 9.17) is 21.7 Å². The molecule has 132 valence electrons. The Bertz CT molecular complexity index is 720. The van der Waals surface area contributed by atoms with Crippen molar-refractivity contribution in [1.29, 1.82) is 0 Å². The van der Waals surface area contributed by atoms with E-state index < -0.39 is 0 Å². The van der Waals surface area contributed by atoms with Crippen LogP contribution < -0.4 is 19.7 Å². The van der Waals surface area contributed by atoms with E-state index in [1.165, 1.54) is 0 Å². The lowest BCUT2D eigenvalue weighted by Gasteiger charge is -2.36. The minimum Gasteiger partial charge on any atom is -0.493 e. The van der Waals surface area contributed by atoms with Crippen molar-refractivity contribution in [3.05, 3.63) is 36.7 Å². The summed E-state index contributed by atoms with van der Waals surface area (Å²) in [6, 6.07) is 7.47. The van der Waals surface area contributed by atoms with Crippen molar-refractivity contribution < 1.29 is 9.47 Å². The van der Waals surface area contributed by atoms with Crippen LogP contribution in [-0.4, -0.2) is 60.4 Å². The van der Waals surface area contributed by atoms with Crippen LogP contribution >= 0.6 is 12.2 Å². The van der Waals surface area contributed by atoms with Crippen molar-refractivity contribution in [2.75, 3.05) is 50.6 Å². The Morgan fingerprint density at radius 3 is 2.36 bits per heavy atom. The molecule has 1 aliphatic rings. The van der Waals surface area contributed by atoms with Crippen LogP contribution in [0.25, 0.3) is 0 Å². The first-order valence-corrected chi connectivity index (χ1v) is 8.42. The van der Waals surface area contributed by atoms with Crippen LogP contribution in [0.3, 0.4) is 0 Å². The van der Waals surface area contributed by atoms with E-state index >= 15 is 0 Å². The van der Waals surface area contributed by atoms with E-state index in [1.54, 1.807) is 26.6 Å². The maximum atomic E-state index is 5.55. The Labute approximate surface area is 152 Å². The molecular weight excluding hydrogens is 338 g/mol. The van der Waals surface area contributed by atoms with Crippen molar-refractivity contribution in [2.45, 2.75) is 0 Å². The normalized spacial score (nSPS) is 14.2. The molecule has 1 N–H and O–H groups in total. The number of piperazine rings is 1. The lowest BCUT2D eigenvalue weighted by molar-refractivity contribution is 0.355. The van der Waals surface area contributed by atoms with Gasteiger partial charge in [0.2, 0.25) is 5.95 Å². The molecule has 0 bridgehead atoms. The molecule has 0 unspecified atom stereocenters. The van der Waals surface area contributed by atoms with Crippen molar-refractivity contribution in [3.8, 4) is 11.5 Å². The highest BCUT2D eigenvalue weighted by atomic mass is 32.1. The second-order valence-corrected chi connectivity index (χ2v) is 5.91. The number of benzene rings is 1. The van der Waals surface area contributed by atoms with E-state index in [2.05, 4.69) is 25.1 Å². The van der Waals surface area contributed by atoms with Crippen LogP contribution in [0.15, 0.2) is 36.7 Å². The van der Waals surface area contributed by atoms with Gasteiger partial charge >= 0.3 is 0 Å². The fourth-order valence-electron chi connectivity index (χ4n) is 2.68. The molecule has 8 heteroatoms. The molecule has 1 aromatic heterocycles. The summed E-state index contributed by atoms with van der Waals surface area (Å²) >= 11 is 5.55. The first-order valence-electron chi connectivity index (χ1n) is 8.01. The van der Waals surface area contributed by atoms with Crippen molar-refractivity contribution in [3.63, 3.8) is 0 Å². The quantitative estimate of drug-likeness (QED) is 0.832. The van der Waals surface area contributed by atoms with Gasteiger partial charge in [-0.3, -0.25) is 0 Å². The molecule has 0 aliphatic carbocycles. The maximum Gasteiger partial charge on any atom is 0.225 e. The van der Waals surface area contributed by atoms with Gasteiger partial charge in [-0.25, -0.2) is 9.97 Å². The number of hydrogen-bond acceptors (Lipinski definition) is 6. The number of aromatic nitrogens is 2. The molecule has 0 spiro atoms. The average molecular weight is 359 g/mol. The molecule has 1 saturated heterocycles. The molecule has 1 fully saturated rings. The largest absolute Gasteiger partial charge is 0.493 e. The molecule has 25 heavy (non-hydrogen) atoms. The SMILES string of the molecule is COc1ccc(NC(=S)N2CCN(c3ncccn3)CC2)cc1OC. The van der Waals surface area contributed by atoms with E-state index in [-0.39, 0.29) is 0 Å². The summed E-state index contributed by atoms with van der Waals surface area (Å²) in [7, 11) is 3.23. The van der Waals surface area contributed by atoms with Crippen LogP contribution in [-0.2, 0) is 0 Å². The Kier molecular flexibility index (Phi) is 5.49. The van der Waals surface area contributed by atoms with Gasteiger partial charge in [0.05, 0.1) is 14.2 Å². The van der Waals surface area contributed by atoms with E-state index in [0.717, 1.165) is 37.8 Å². The summed E-state index contributed by atoms with van der Waals surface area (Å²) in [5.41, 5.74) is 0.872. The molecule has 0 radical (unpaired) electrons. The molecule has 7 nitrogen and oxygen atoms in total. The number of nitrogens with zero attached hydrogens (tertiary/aromatic N) is 4. The topological polar surface area (TPSA) is 62.8 Å². The van der Waals surface area contributed by atoms with E-state index in [0.29, 0.717) is 16.6 Å². The molecule has 1 aliphatic heterocycles. The smallest absolute Gasteiger partial charge is 0.225 e. The number of methoxy groups -OCH3 is 2. The fraction of sp³-hybridized carbons (Fsp3) is 0.353. The van der Waals surface area contributed by atoms with Crippen molar-refractivity contribution in [1.82, 2.24) is 14.9 Å². The number of ether oxygens (including phenoxy) is 2. The van der Waals surface area contributed by atoms with Gasteiger partial charge in [-0.2, -0.15) is 0 Å². The maximum absolute atomic E-state index is 5.55. The summed E-state index contributed by atoms with van der Waals surface area (Å²) < 4.78 is 10.6. The number of nitrogens with one attached hydrogen (secondary N) is 1. The number of hydrogen-bond donors (Lipinski definition) is 1. The van der Waals surface area contributed by atoms with Gasteiger partial charge in [0, 0.05) is 50.3 Å². The lowest BCUT2D eigenvalue weighted by atomic mass is 10.2. The summed E-state index contributed by atoms with van der Waals surface area (Å²) in [6.45, 7) is 3.30. The van der Waals surface area contributed by atoms with Crippen LogP contribution in [0.4, 0.5) is 11.6 Å². The Hall–Kier alpha value is -2.61. The van der Waals surface area contributed by atoms with Gasteiger partial charge in [-0.05, 0) is 30.4 Å². The Morgan fingerprint density at radius 2 is 1.72 bits per heavy atom. The first-order chi connectivity index (χ1) is 12.2. The zero-order valence-corrected chi connectivity index (χ0v) is 15.1. The number of thiocarbonyl (C=S) groups is 1. The Morgan fingerprint density at radius 1 is 1.04 bits per heavy atom. The Balaban J connectivity index is 1.58. The molecule has 1 aromatic carbocycles. The number of rotatable bonds is 4. The van der Waals surface area contributed by atoms with Crippen LogP contribution in [0.1, 0.15) is 0 Å². The minimum atomic E-state index is 0.668.